The normalized spacial score (nSPS) is 15.7. The van der Waals surface area contributed by atoms with Gasteiger partial charge in [0.25, 0.3) is 5.91 Å². The van der Waals surface area contributed by atoms with Crippen molar-refractivity contribution >= 4 is 12.0 Å². The van der Waals surface area contributed by atoms with Crippen LogP contribution < -0.4 is 0 Å². The number of hydrogen-bond donors (Lipinski definition) is 0. The van der Waals surface area contributed by atoms with Crippen molar-refractivity contribution in [2.45, 2.75) is 19.4 Å². The summed E-state index contributed by atoms with van der Waals surface area (Å²) in [5, 5.41) is 0. The number of carbonyl (C=O) groups excluding carboxylic acids is 2. The second-order valence-corrected chi connectivity index (χ2v) is 4.20. The highest BCUT2D eigenvalue weighted by Crippen LogP contribution is 2.16. The van der Waals surface area contributed by atoms with Crippen molar-refractivity contribution in [3.05, 3.63) is 48.0 Å². The van der Waals surface area contributed by atoms with Gasteiger partial charge in [0, 0.05) is 12.1 Å². The molecule has 1 aromatic rings. The van der Waals surface area contributed by atoms with E-state index in [1.165, 1.54) is 0 Å². The van der Waals surface area contributed by atoms with Crippen LogP contribution in [-0.2, 0) is 16.1 Å². The molecule has 0 bridgehead atoms. The molecule has 1 aromatic carbocycles. The number of benzene rings is 1. The second-order valence-electron chi connectivity index (χ2n) is 4.20. The zero-order valence-electron chi connectivity index (χ0n) is 10.1. The number of carbonyl (C=O) groups is 2. The Balaban J connectivity index is 1.92. The van der Waals surface area contributed by atoms with Crippen molar-refractivity contribution in [3.63, 3.8) is 0 Å². The van der Waals surface area contributed by atoms with Crippen molar-refractivity contribution < 1.29 is 14.3 Å². The predicted molar refractivity (Wildman–Crippen MR) is 66.7 cm³/mol. The number of imide groups is 1. The second kappa shape index (κ2) is 5.49. The molecule has 0 spiro atoms. The third kappa shape index (κ3) is 2.77. The molecule has 0 saturated carbocycles. The molecule has 94 valence electrons. The Morgan fingerprint density at radius 3 is 2.78 bits per heavy atom. The van der Waals surface area contributed by atoms with Gasteiger partial charge in [-0.1, -0.05) is 36.9 Å². The molecule has 1 saturated heterocycles. The SMILES string of the molecule is C=C1CCCN(C(=O)OCc2ccccc2)C1=O. The predicted octanol–water partition coefficient (Wildman–Crippen LogP) is 2.50. The van der Waals surface area contributed by atoms with E-state index in [-0.39, 0.29) is 12.5 Å². The molecule has 4 heteroatoms. The fourth-order valence-corrected chi connectivity index (χ4v) is 1.82. The lowest BCUT2D eigenvalue weighted by Crippen LogP contribution is -2.41. The van der Waals surface area contributed by atoms with Gasteiger partial charge in [0.1, 0.15) is 6.61 Å². The Bertz CT molecular complexity index is 467. The first-order chi connectivity index (χ1) is 8.68. The number of nitrogens with zero attached hydrogens (tertiary/aromatic N) is 1. The van der Waals surface area contributed by atoms with Gasteiger partial charge in [-0.2, -0.15) is 0 Å². The highest BCUT2D eigenvalue weighted by atomic mass is 16.6. The van der Waals surface area contributed by atoms with E-state index in [1.54, 1.807) is 0 Å². The number of hydrogen-bond acceptors (Lipinski definition) is 3. The Kier molecular flexibility index (Phi) is 3.77. The summed E-state index contributed by atoms with van der Waals surface area (Å²) >= 11 is 0. The summed E-state index contributed by atoms with van der Waals surface area (Å²) in [6.45, 7) is 4.23. The summed E-state index contributed by atoms with van der Waals surface area (Å²) in [6.07, 6.45) is 0.816. The van der Waals surface area contributed by atoms with E-state index in [9.17, 15) is 9.59 Å². The Hall–Kier alpha value is -2.10. The van der Waals surface area contributed by atoms with Crippen LogP contribution in [0, 0.1) is 0 Å². The third-order valence-corrected chi connectivity index (χ3v) is 2.83. The van der Waals surface area contributed by atoms with Crippen LogP contribution >= 0.6 is 0 Å². The molecule has 1 heterocycles. The van der Waals surface area contributed by atoms with E-state index in [0.717, 1.165) is 16.9 Å². The highest BCUT2D eigenvalue weighted by Gasteiger charge is 2.28. The van der Waals surface area contributed by atoms with Gasteiger partial charge in [-0.25, -0.2) is 9.69 Å². The largest absolute Gasteiger partial charge is 0.444 e. The molecule has 4 nitrogen and oxygen atoms in total. The Labute approximate surface area is 106 Å². The first-order valence-electron chi connectivity index (χ1n) is 5.89. The molecular weight excluding hydrogens is 230 g/mol. The topological polar surface area (TPSA) is 46.6 Å². The molecule has 1 aliphatic heterocycles. The zero-order chi connectivity index (χ0) is 13.0. The molecule has 0 radical (unpaired) electrons. The number of piperidine rings is 1. The summed E-state index contributed by atoms with van der Waals surface area (Å²) < 4.78 is 5.11. The van der Waals surface area contributed by atoms with Crippen molar-refractivity contribution in [2.75, 3.05) is 6.54 Å². The van der Waals surface area contributed by atoms with E-state index < -0.39 is 6.09 Å². The van der Waals surface area contributed by atoms with Gasteiger partial charge < -0.3 is 4.74 Å². The van der Waals surface area contributed by atoms with Gasteiger partial charge in [0.15, 0.2) is 0 Å². The van der Waals surface area contributed by atoms with Gasteiger partial charge in [0.2, 0.25) is 0 Å². The van der Waals surface area contributed by atoms with Crippen LogP contribution in [-0.4, -0.2) is 23.4 Å². The lowest BCUT2D eigenvalue weighted by molar-refractivity contribution is -0.127. The number of likely N-dealkylation sites (tertiary alicyclic amines) is 1. The van der Waals surface area contributed by atoms with Crippen molar-refractivity contribution in [3.8, 4) is 0 Å². The molecule has 0 aliphatic carbocycles. The van der Waals surface area contributed by atoms with E-state index in [2.05, 4.69) is 6.58 Å². The van der Waals surface area contributed by atoms with Gasteiger partial charge in [-0.05, 0) is 18.4 Å². The van der Waals surface area contributed by atoms with Crippen LogP contribution in [0.25, 0.3) is 0 Å². The first-order valence-corrected chi connectivity index (χ1v) is 5.89. The molecule has 2 rings (SSSR count). The summed E-state index contributed by atoms with van der Waals surface area (Å²) in [7, 11) is 0. The molecule has 18 heavy (non-hydrogen) atoms. The van der Waals surface area contributed by atoms with E-state index in [4.69, 9.17) is 4.74 Å². The van der Waals surface area contributed by atoms with Crippen LogP contribution in [0.5, 0.6) is 0 Å². The monoisotopic (exact) mass is 245 g/mol. The molecular formula is C14H15NO3. The molecule has 0 N–H and O–H groups in total. The maximum Gasteiger partial charge on any atom is 0.417 e. The highest BCUT2D eigenvalue weighted by molar-refractivity contribution is 6.02. The first kappa shape index (κ1) is 12.4. The standard InChI is InChI=1S/C14H15NO3/c1-11-6-5-9-15(13(11)16)14(17)18-10-12-7-3-2-4-8-12/h2-4,7-8H,1,5-6,9-10H2. The van der Waals surface area contributed by atoms with Crippen LogP contribution in [0.2, 0.25) is 0 Å². The molecule has 1 fully saturated rings. The van der Waals surface area contributed by atoms with E-state index in [0.29, 0.717) is 18.5 Å². The minimum Gasteiger partial charge on any atom is -0.444 e. The van der Waals surface area contributed by atoms with Crippen LogP contribution in [0.4, 0.5) is 4.79 Å². The molecule has 0 atom stereocenters. The smallest absolute Gasteiger partial charge is 0.417 e. The van der Waals surface area contributed by atoms with Crippen molar-refractivity contribution in [1.82, 2.24) is 4.90 Å². The van der Waals surface area contributed by atoms with Crippen molar-refractivity contribution in [2.24, 2.45) is 0 Å². The average Bonchev–Trinajstić information content (AvgIpc) is 2.40. The van der Waals surface area contributed by atoms with Gasteiger partial charge in [0.05, 0.1) is 0 Å². The number of amides is 2. The van der Waals surface area contributed by atoms with Crippen molar-refractivity contribution in [1.29, 1.82) is 0 Å². The third-order valence-electron chi connectivity index (χ3n) is 2.83. The minimum atomic E-state index is -0.593. The lowest BCUT2D eigenvalue weighted by Gasteiger charge is -2.25. The Morgan fingerprint density at radius 1 is 1.33 bits per heavy atom. The van der Waals surface area contributed by atoms with E-state index >= 15 is 0 Å². The summed E-state index contributed by atoms with van der Waals surface area (Å²) in [5.74, 6) is -0.320. The molecule has 2 amide bonds. The average molecular weight is 245 g/mol. The molecule has 1 aliphatic rings. The fraction of sp³-hybridized carbons (Fsp3) is 0.286. The fourth-order valence-electron chi connectivity index (χ4n) is 1.82. The lowest BCUT2D eigenvalue weighted by atomic mass is 10.1. The maximum atomic E-state index is 11.8. The van der Waals surface area contributed by atoms with E-state index in [1.807, 2.05) is 30.3 Å². The number of ether oxygens (including phenoxy) is 1. The molecule has 0 unspecified atom stereocenters. The molecule has 0 aromatic heterocycles. The quantitative estimate of drug-likeness (QED) is 0.752. The van der Waals surface area contributed by atoms with Crippen LogP contribution in [0.15, 0.2) is 42.5 Å². The zero-order valence-corrected chi connectivity index (χ0v) is 10.1. The Morgan fingerprint density at radius 2 is 2.06 bits per heavy atom. The van der Waals surface area contributed by atoms with Crippen LogP contribution in [0.3, 0.4) is 0 Å². The maximum absolute atomic E-state index is 11.8. The summed E-state index contributed by atoms with van der Waals surface area (Å²) in [4.78, 5) is 24.6. The van der Waals surface area contributed by atoms with Crippen LogP contribution in [0.1, 0.15) is 18.4 Å². The minimum absolute atomic E-state index is 0.177. The number of rotatable bonds is 2. The van der Waals surface area contributed by atoms with Gasteiger partial charge in [-0.15, -0.1) is 0 Å². The van der Waals surface area contributed by atoms with Gasteiger partial charge >= 0.3 is 6.09 Å². The summed E-state index contributed by atoms with van der Waals surface area (Å²) in [5.41, 5.74) is 1.37. The summed E-state index contributed by atoms with van der Waals surface area (Å²) in [6, 6.07) is 9.37. The van der Waals surface area contributed by atoms with Gasteiger partial charge in [-0.3, -0.25) is 4.79 Å².